The van der Waals surface area contributed by atoms with E-state index in [2.05, 4.69) is 5.32 Å². The van der Waals surface area contributed by atoms with E-state index in [0.717, 1.165) is 5.56 Å². The monoisotopic (exact) mass is 344 g/mol. The van der Waals surface area contributed by atoms with Crippen molar-refractivity contribution in [1.29, 1.82) is 0 Å². The number of benzene rings is 1. The summed E-state index contributed by atoms with van der Waals surface area (Å²) in [5.41, 5.74) is 1.47. The molecular formula is C20H28N2O3. The molecule has 0 radical (unpaired) electrons. The molecule has 0 saturated carbocycles. The van der Waals surface area contributed by atoms with Gasteiger partial charge in [-0.25, -0.2) is 0 Å². The minimum absolute atomic E-state index is 0.0880. The summed E-state index contributed by atoms with van der Waals surface area (Å²) in [5.74, 6) is 0.0288. The van der Waals surface area contributed by atoms with Crippen molar-refractivity contribution in [3.8, 4) is 0 Å². The molecule has 5 heteroatoms. The first kappa shape index (κ1) is 19.2. The smallest absolute Gasteiger partial charge is 0.252 e. The van der Waals surface area contributed by atoms with Crippen molar-refractivity contribution in [3.05, 3.63) is 35.4 Å². The third-order valence-electron chi connectivity index (χ3n) is 4.68. The average Bonchev–Trinajstić information content (AvgIpc) is 2.56. The molecule has 2 amide bonds. The number of nitrogens with one attached hydrogen (secondary N) is 1. The van der Waals surface area contributed by atoms with Gasteiger partial charge in [-0.15, -0.1) is 0 Å². The van der Waals surface area contributed by atoms with E-state index in [4.69, 9.17) is 0 Å². The molecule has 136 valence electrons. The molecular weight excluding hydrogens is 316 g/mol. The third kappa shape index (κ3) is 4.91. The van der Waals surface area contributed by atoms with Crippen molar-refractivity contribution in [2.24, 2.45) is 11.8 Å². The summed E-state index contributed by atoms with van der Waals surface area (Å²) >= 11 is 0. The van der Waals surface area contributed by atoms with Gasteiger partial charge in [0.15, 0.2) is 0 Å². The van der Waals surface area contributed by atoms with Gasteiger partial charge in [0.05, 0.1) is 0 Å². The molecule has 1 aromatic carbocycles. The molecule has 0 unspecified atom stereocenters. The second kappa shape index (κ2) is 8.28. The molecule has 1 aliphatic heterocycles. The zero-order valence-electron chi connectivity index (χ0n) is 15.5. The van der Waals surface area contributed by atoms with Crippen LogP contribution in [-0.2, 0) is 9.59 Å². The fourth-order valence-electron chi connectivity index (χ4n) is 3.19. The van der Waals surface area contributed by atoms with Crippen LogP contribution in [0, 0.1) is 18.8 Å². The van der Waals surface area contributed by atoms with E-state index >= 15 is 0 Å². The minimum Gasteiger partial charge on any atom is -0.340 e. The number of amides is 2. The molecule has 0 aliphatic carbocycles. The van der Waals surface area contributed by atoms with Crippen LogP contribution >= 0.6 is 0 Å². The zero-order valence-corrected chi connectivity index (χ0v) is 15.5. The first-order valence-corrected chi connectivity index (χ1v) is 8.97. The number of rotatable bonds is 5. The van der Waals surface area contributed by atoms with Crippen LogP contribution in [0.3, 0.4) is 0 Å². The van der Waals surface area contributed by atoms with Crippen LogP contribution in [0.5, 0.6) is 0 Å². The first-order chi connectivity index (χ1) is 11.8. The fraction of sp³-hybridized carbons (Fsp3) is 0.550. The molecule has 1 N–H and O–H groups in total. The molecule has 2 rings (SSSR count). The molecule has 1 fully saturated rings. The topological polar surface area (TPSA) is 66.5 Å². The van der Waals surface area contributed by atoms with Crippen LogP contribution in [-0.4, -0.2) is 41.6 Å². The number of Topliss-reactive ketones (excluding diaryl/α,β-unsaturated/α-hetero) is 1. The number of likely N-dealkylation sites (tertiary alicyclic amines) is 1. The molecule has 1 aliphatic rings. The number of carbonyl (C=O) groups is 3. The molecule has 1 heterocycles. The van der Waals surface area contributed by atoms with Crippen molar-refractivity contribution >= 4 is 17.6 Å². The van der Waals surface area contributed by atoms with Crippen LogP contribution < -0.4 is 5.32 Å². The maximum Gasteiger partial charge on any atom is 0.252 e. The molecule has 1 aromatic rings. The number of hydrogen-bond acceptors (Lipinski definition) is 3. The Hall–Kier alpha value is -2.17. The number of aryl methyl sites for hydroxylation is 1. The first-order valence-electron chi connectivity index (χ1n) is 8.97. The normalized spacial score (nSPS) is 19.0. The molecule has 2 atom stereocenters. The Kier molecular flexibility index (Phi) is 6.34. The summed E-state index contributed by atoms with van der Waals surface area (Å²) in [6.45, 7) is 8.67. The van der Waals surface area contributed by atoms with E-state index in [1.165, 1.54) is 0 Å². The average molecular weight is 344 g/mol. The van der Waals surface area contributed by atoms with E-state index in [1.54, 1.807) is 11.0 Å². The highest BCUT2D eigenvalue weighted by molar-refractivity contribution is 5.98. The van der Waals surface area contributed by atoms with Crippen LogP contribution in [0.2, 0.25) is 0 Å². The van der Waals surface area contributed by atoms with E-state index in [9.17, 15) is 14.4 Å². The quantitative estimate of drug-likeness (QED) is 0.893. The Balaban J connectivity index is 2.13. The summed E-state index contributed by atoms with van der Waals surface area (Å²) in [7, 11) is 0. The van der Waals surface area contributed by atoms with Crippen molar-refractivity contribution in [1.82, 2.24) is 10.2 Å². The van der Waals surface area contributed by atoms with Gasteiger partial charge < -0.3 is 10.2 Å². The maximum absolute atomic E-state index is 12.9. The number of hydrogen-bond donors (Lipinski definition) is 1. The molecule has 25 heavy (non-hydrogen) atoms. The van der Waals surface area contributed by atoms with Crippen molar-refractivity contribution in [3.63, 3.8) is 0 Å². The van der Waals surface area contributed by atoms with Gasteiger partial charge in [-0.05, 0) is 30.9 Å². The lowest BCUT2D eigenvalue weighted by Gasteiger charge is -2.33. The second-order valence-corrected chi connectivity index (χ2v) is 7.37. The summed E-state index contributed by atoms with van der Waals surface area (Å²) in [5, 5.41) is 2.91. The van der Waals surface area contributed by atoms with Crippen LogP contribution in [0.4, 0.5) is 0 Å². The lowest BCUT2D eigenvalue weighted by atomic mass is 9.96. The Morgan fingerprint density at radius 1 is 1.28 bits per heavy atom. The van der Waals surface area contributed by atoms with Gasteiger partial charge in [0.1, 0.15) is 11.8 Å². The third-order valence-corrected chi connectivity index (χ3v) is 4.68. The SMILES string of the molecule is Cc1ccccc1C(=O)N[C@@H](CC(C)C)C(=O)N1CCC(=O)[C@H](C)C1. The fourth-order valence-corrected chi connectivity index (χ4v) is 3.19. The van der Waals surface area contributed by atoms with Gasteiger partial charge in [-0.3, -0.25) is 14.4 Å². The van der Waals surface area contributed by atoms with Gasteiger partial charge in [-0.1, -0.05) is 39.0 Å². The van der Waals surface area contributed by atoms with E-state index in [-0.39, 0.29) is 29.4 Å². The molecule has 0 bridgehead atoms. The maximum atomic E-state index is 12.9. The van der Waals surface area contributed by atoms with Gasteiger partial charge >= 0.3 is 0 Å². The Morgan fingerprint density at radius 2 is 1.96 bits per heavy atom. The van der Waals surface area contributed by atoms with E-state index in [0.29, 0.717) is 31.5 Å². The highest BCUT2D eigenvalue weighted by Crippen LogP contribution is 2.17. The van der Waals surface area contributed by atoms with Crippen molar-refractivity contribution in [2.75, 3.05) is 13.1 Å². The lowest BCUT2D eigenvalue weighted by molar-refractivity contribution is -0.138. The molecule has 1 saturated heterocycles. The standard InChI is InChI=1S/C20H28N2O3/c1-13(2)11-17(20(25)22-10-9-18(23)15(4)12-22)21-19(24)16-8-6-5-7-14(16)3/h5-8,13,15,17H,9-12H2,1-4H3,(H,21,24)/t15-,17+/m1/s1. The number of piperidine rings is 1. The Morgan fingerprint density at radius 3 is 2.56 bits per heavy atom. The summed E-state index contributed by atoms with van der Waals surface area (Å²) in [6.07, 6.45) is 0.975. The van der Waals surface area contributed by atoms with Crippen molar-refractivity contribution < 1.29 is 14.4 Å². The summed E-state index contributed by atoms with van der Waals surface area (Å²) < 4.78 is 0. The van der Waals surface area contributed by atoms with Crippen LogP contribution in [0.15, 0.2) is 24.3 Å². The predicted octanol–water partition coefficient (Wildman–Crippen LogP) is 2.58. The number of nitrogens with zero attached hydrogens (tertiary/aromatic N) is 1. The largest absolute Gasteiger partial charge is 0.340 e. The van der Waals surface area contributed by atoms with Gasteiger partial charge in [-0.2, -0.15) is 0 Å². The predicted molar refractivity (Wildman–Crippen MR) is 97.3 cm³/mol. The summed E-state index contributed by atoms with van der Waals surface area (Å²) in [6, 6.07) is 6.79. The number of ketones is 1. The molecule has 0 aromatic heterocycles. The molecule has 0 spiro atoms. The zero-order chi connectivity index (χ0) is 18.6. The van der Waals surface area contributed by atoms with Crippen LogP contribution in [0.1, 0.15) is 49.5 Å². The Bertz CT molecular complexity index is 654. The van der Waals surface area contributed by atoms with E-state index < -0.39 is 6.04 Å². The van der Waals surface area contributed by atoms with E-state index in [1.807, 2.05) is 45.9 Å². The van der Waals surface area contributed by atoms with Gasteiger partial charge in [0.25, 0.3) is 5.91 Å². The lowest BCUT2D eigenvalue weighted by Crippen LogP contribution is -2.53. The highest BCUT2D eigenvalue weighted by atomic mass is 16.2. The van der Waals surface area contributed by atoms with Crippen molar-refractivity contribution in [2.45, 2.75) is 46.6 Å². The Labute approximate surface area is 149 Å². The molecule has 5 nitrogen and oxygen atoms in total. The number of carbonyl (C=O) groups excluding carboxylic acids is 3. The minimum atomic E-state index is -0.562. The van der Waals surface area contributed by atoms with Gasteiger partial charge in [0, 0.05) is 31.0 Å². The van der Waals surface area contributed by atoms with Gasteiger partial charge in [0.2, 0.25) is 5.91 Å². The van der Waals surface area contributed by atoms with Crippen LogP contribution in [0.25, 0.3) is 0 Å². The highest BCUT2D eigenvalue weighted by Gasteiger charge is 2.32. The summed E-state index contributed by atoms with van der Waals surface area (Å²) in [4.78, 5) is 39.0. The second-order valence-electron chi connectivity index (χ2n) is 7.37.